The molecule has 0 aliphatic carbocycles. The van der Waals surface area contributed by atoms with Gasteiger partial charge in [-0.2, -0.15) is 0 Å². The Bertz CT molecular complexity index is 323. The first-order valence-electron chi connectivity index (χ1n) is 3.96. The van der Waals surface area contributed by atoms with Crippen LogP contribution in [-0.4, -0.2) is 11.1 Å². The Morgan fingerprint density at radius 1 is 1.54 bits per heavy atom. The molecule has 0 aromatic heterocycles. The van der Waals surface area contributed by atoms with Crippen LogP contribution < -0.4 is 0 Å². The van der Waals surface area contributed by atoms with Crippen molar-refractivity contribution >= 4 is 44.3 Å². The van der Waals surface area contributed by atoms with Gasteiger partial charge in [-0.05, 0) is 46.7 Å². The van der Waals surface area contributed by atoms with Gasteiger partial charge in [0, 0.05) is 9.99 Å². The highest BCUT2D eigenvalue weighted by Crippen LogP contribution is 2.13. The molecule has 1 aromatic carbocycles. The third-order valence-electron chi connectivity index (χ3n) is 1.77. The molecule has 3 heteroatoms. The number of rotatable bonds is 3. The van der Waals surface area contributed by atoms with E-state index in [2.05, 4.69) is 51.5 Å². The number of hydrogen-bond donors (Lipinski definition) is 0. The van der Waals surface area contributed by atoms with E-state index in [9.17, 15) is 4.79 Å². The van der Waals surface area contributed by atoms with Crippen LogP contribution in [0, 0.1) is 10.5 Å². The topological polar surface area (TPSA) is 17.1 Å². The van der Waals surface area contributed by atoms with E-state index < -0.39 is 0 Å². The fourth-order valence-electron chi connectivity index (χ4n) is 1.09. The lowest BCUT2D eigenvalue weighted by molar-refractivity contribution is -0.115. The van der Waals surface area contributed by atoms with Gasteiger partial charge in [0.15, 0.2) is 0 Å². The molecule has 1 nitrogen and oxygen atoms in total. The zero-order valence-corrected chi connectivity index (χ0v) is 11.1. The lowest BCUT2D eigenvalue weighted by Crippen LogP contribution is -2.03. The quantitative estimate of drug-likeness (QED) is 0.603. The van der Waals surface area contributed by atoms with Crippen LogP contribution in [0.1, 0.15) is 11.1 Å². The van der Waals surface area contributed by atoms with Crippen molar-refractivity contribution in [2.45, 2.75) is 13.3 Å². The van der Waals surface area contributed by atoms with Gasteiger partial charge in [-0.3, -0.25) is 4.79 Å². The summed E-state index contributed by atoms with van der Waals surface area (Å²) in [6.07, 6.45) is 0.531. The SMILES string of the molecule is Cc1cc(CC(=O)CBr)ccc1I. The summed E-state index contributed by atoms with van der Waals surface area (Å²) in [6.45, 7) is 2.06. The Balaban J connectivity index is 2.79. The third kappa shape index (κ3) is 3.38. The summed E-state index contributed by atoms with van der Waals surface area (Å²) in [6, 6.07) is 6.13. The Labute approximate surface area is 100 Å². The van der Waals surface area contributed by atoms with E-state index in [0.29, 0.717) is 11.8 Å². The van der Waals surface area contributed by atoms with Crippen molar-refractivity contribution in [2.24, 2.45) is 0 Å². The highest BCUT2D eigenvalue weighted by molar-refractivity contribution is 14.1. The van der Waals surface area contributed by atoms with Crippen LogP contribution in [0.15, 0.2) is 18.2 Å². The van der Waals surface area contributed by atoms with Crippen molar-refractivity contribution < 1.29 is 4.79 Å². The van der Waals surface area contributed by atoms with Crippen molar-refractivity contribution in [1.82, 2.24) is 0 Å². The zero-order valence-electron chi connectivity index (χ0n) is 7.31. The van der Waals surface area contributed by atoms with Crippen molar-refractivity contribution in [1.29, 1.82) is 0 Å². The Hall–Kier alpha value is 0.100. The molecule has 70 valence electrons. The van der Waals surface area contributed by atoms with Gasteiger partial charge in [-0.25, -0.2) is 0 Å². The fraction of sp³-hybridized carbons (Fsp3) is 0.300. The average molecular weight is 353 g/mol. The highest BCUT2D eigenvalue weighted by atomic mass is 127. The monoisotopic (exact) mass is 352 g/mol. The molecule has 1 rings (SSSR count). The molecule has 0 aliphatic heterocycles. The molecule has 0 fully saturated rings. The number of alkyl halides is 1. The number of aryl methyl sites for hydroxylation is 1. The second-order valence-electron chi connectivity index (χ2n) is 2.93. The molecule has 0 radical (unpaired) electrons. The van der Waals surface area contributed by atoms with Gasteiger partial charge in [-0.15, -0.1) is 0 Å². The Kier molecular flexibility index (Phi) is 4.38. The van der Waals surface area contributed by atoms with Crippen LogP contribution >= 0.6 is 38.5 Å². The first kappa shape index (κ1) is 11.2. The molecule has 0 bridgehead atoms. The van der Waals surface area contributed by atoms with E-state index in [1.165, 1.54) is 9.13 Å². The number of carbonyl (C=O) groups is 1. The average Bonchev–Trinajstić information content (AvgIpc) is 2.11. The Morgan fingerprint density at radius 3 is 2.77 bits per heavy atom. The largest absolute Gasteiger partial charge is 0.298 e. The second-order valence-corrected chi connectivity index (χ2v) is 4.66. The summed E-state index contributed by atoms with van der Waals surface area (Å²) in [4.78, 5) is 11.1. The molecule has 0 spiro atoms. The fourth-order valence-corrected chi connectivity index (χ4v) is 1.63. The molecular formula is C10H10BrIO. The molecule has 0 aliphatic rings. The van der Waals surface area contributed by atoms with Crippen molar-refractivity contribution in [2.75, 3.05) is 5.33 Å². The molecule has 0 saturated heterocycles. The minimum Gasteiger partial charge on any atom is -0.298 e. The maximum Gasteiger partial charge on any atom is 0.147 e. The molecule has 0 saturated carbocycles. The molecule has 0 unspecified atom stereocenters. The van der Waals surface area contributed by atoms with Crippen molar-refractivity contribution in [3.05, 3.63) is 32.9 Å². The zero-order chi connectivity index (χ0) is 9.84. The summed E-state index contributed by atoms with van der Waals surface area (Å²) in [7, 11) is 0. The van der Waals surface area contributed by atoms with E-state index in [-0.39, 0.29) is 5.78 Å². The summed E-state index contributed by atoms with van der Waals surface area (Å²) in [5, 5.41) is 0.442. The van der Waals surface area contributed by atoms with Gasteiger partial charge in [0.2, 0.25) is 0 Å². The summed E-state index contributed by atoms with van der Waals surface area (Å²) < 4.78 is 1.24. The number of carbonyl (C=O) groups excluding carboxylic acids is 1. The van der Waals surface area contributed by atoms with E-state index in [4.69, 9.17) is 0 Å². The first-order valence-corrected chi connectivity index (χ1v) is 6.16. The van der Waals surface area contributed by atoms with Gasteiger partial charge >= 0.3 is 0 Å². The van der Waals surface area contributed by atoms with Crippen LogP contribution in [0.2, 0.25) is 0 Å². The van der Waals surface area contributed by atoms with Crippen LogP contribution in [0.4, 0.5) is 0 Å². The maximum atomic E-state index is 11.1. The predicted molar refractivity (Wildman–Crippen MR) is 66.4 cm³/mol. The van der Waals surface area contributed by atoms with Gasteiger partial charge < -0.3 is 0 Å². The lowest BCUT2D eigenvalue weighted by Gasteiger charge is -2.02. The number of ketones is 1. The van der Waals surface area contributed by atoms with Gasteiger partial charge in [0.05, 0.1) is 5.33 Å². The first-order chi connectivity index (χ1) is 6.13. The minimum absolute atomic E-state index is 0.223. The van der Waals surface area contributed by atoms with Crippen LogP contribution in [0.5, 0.6) is 0 Å². The molecule has 13 heavy (non-hydrogen) atoms. The van der Waals surface area contributed by atoms with Gasteiger partial charge in [-0.1, -0.05) is 28.1 Å². The highest BCUT2D eigenvalue weighted by Gasteiger charge is 2.02. The lowest BCUT2D eigenvalue weighted by atomic mass is 10.1. The maximum absolute atomic E-state index is 11.1. The van der Waals surface area contributed by atoms with Crippen LogP contribution in [0.25, 0.3) is 0 Å². The molecule has 1 aromatic rings. The summed E-state index contributed by atoms with van der Waals surface area (Å²) in [5.41, 5.74) is 2.34. The Morgan fingerprint density at radius 2 is 2.23 bits per heavy atom. The number of Topliss-reactive ketones (excluding diaryl/α,β-unsaturated/α-hetero) is 1. The van der Waals surface area contributed by atoms with Gasteiger partial charge in [0.25, 0.3) is 0 Å². The molecule has 0 heterocycles. The molecule has 0 amide bonds. The smallest absolute Gasteiger partial charge is 0.147 e. The van der Waals surface area contributed by atoms with E-state index in [1.54, 1.807) is 0 Å². The summed E-state index contributed by atoms with van der Waals surface area (Å²) >= 11 is 5.44. The number of hydrogen-bond acceptors (Lipinski definition) is 1. The predicted octanol–water partition coefficient (Wildman–Crippen LogP) is 3.11. The second kappa shape index (κ2) is 5.10. The van der Waals surface area contributed by atoms with E-state index in [0.717, 1.165) is 5.56 Å². The van der Waals surface area contributed by atoms with E-state index >= 15 is 0 Å². The van der Waals surface area contributed by atoms with E-state index in [1.807, 2.05) is 12.1 Å². The minimum atomic E-state index is 0.223. The standard InChI is InChI=1S/C10H10BrIO/c1-7-4-8(2-3-10(7)12)5-9(13)6-11/h2-4H,5-6H2,1H3. The third-order valence-corrected chi connectivity index (χ3v) is 3.61. The van der Waals surface area contributed by atoms with Crippen molar-refractivity contribution in [3.8, 4) is 0 Å². The molecule has 0 N–H and O–H groups in total. The van der Waals surface area contributed by atoms with Crippen LogP contribution in [0.3, 0.4) is 0 Å². The van der Waals surface area contributed by atoms with Crippen LogP contribution in [-0.2, 0) is 11.2 Å². The number of benzene rings is 1. The molecule has 0 atom stereocenters. The summed E-state index contributed by atoms with van der Waals surface area (Å²) in [5.74, 6) is 0.223. The number of halogens is 2. The normalized spacial score (nSPS) is 10.1. The van der Waals surface area contributed by atoms with Crippen molar-refractivity contribution in [3.63, 3.8) is 0 Å². The van der Waals surface area contributed by atoms with Gasteiger partial charge in [0.1, 0.15) is 5.78 Å². The molecular weight excluding hydrogens is 343 g/mol.